The highest BCUT2D eigenvalue weighted by molar-refractivity contribution is 9.11. The zero-order valence-electron chi connectivity index (χ0n) is 18.9. The number of alkyl halides is 3. The van der Waals surface area contributed by atoms with Gasteiger partial charge in [0.25, 0.3) is 0 Å². The summed E-state index contributed by atoms with van der Waals surface area (Å²) in [6.07, 6.45) is -2.96. The van der Waals surface area contributed by atoms with Gasteiger partial charge in [0, 0.05) is 40.6 Å². The third-order valence-corrected chi connectivity index (χ3v) is 7.86. The van der Waals surface area contributed by atoms with E-state index in [0.29, 0.717) is 39.3 Å². The standard InChI is InChI=1S/C23H23Br2F3N4O2/c1-12-13(2)32(19-16(24)10-15(11-17(19)25)23(26,27)28)21-18(12)20(29-14(3)30-21)31-6-4-22(5-7-31)33-8-9-34-22/h10-11H,4-9H2,1-3H3. The fourth-order valence-electron chi connectivity index (χ4n) is 4.84. The van der Waals surface area contributed by atoms with Crippen molar-refractivity contribution >= 4 is 48.7 Å². The molecule has 0 amide bonds. The lowest BCUT2D eigenvalue weighted by atomic mass is 10.0. The lowest BCUT2D eigenvalue weighted by molar-refractivity contribution is -0.169. The van der Waals surface area contributed by atoms with Crippen LogP contribution in [0, 0.1) is 20.8 Å². The van der Waals surface area contributed by atoms with Crippen molar-refractivity contribution in [3.63, 3.8) is 0 Å². The summed E-state index contributed by atoms with van der Waals surface area (Å²) in [5, 5.41) is 0.894. The maximum absolute atomic E-state index is 13.3. The lowest BCUT2D eigenvalue weighted by Crippen LogP contribution is -2.45. The van der Waals surface area contributed by atoms with Gasteiger partial charge in [-0.2, -0.15) is 13.2 Å². The van der Waals surface area contributed by atoms with E-state index in [-0.39, 0.29) is 0 Å². The number of rotatable bonds is 2. The highest BCUT2D eigenvalue weighted by Crippen LogP contribution is 2.42. The Balaban J connectivity index is 1.64. The third-order valence-electron chi connectivity index (χ3n) is 6.65. The summed E-state index contributed by atoms with van der Waals surface area (Å²) in [5.41, 5.74) is 2.36. The number of halogens is 5. The summed E-state index contributed by atoms with van der Waals surface area (Å²) in [7, 11) is 0. The van der Waals surface area contributed by atoms with Crippen molar-refractivity contribution in [3.05, 3.63) is 43.7 Å². The van der Waals surface area contributed by atoms with E-state index in [0.717, 1.165) is 60.5 Å². The molecule has 0 aliphatic carbocycles. The predicted molar refractivity (Wildman–Crippen MR) is 130 cm³/mol. The molecule has 0 N–H and O–H groups in total. The Kier molecular flexibility index (Phi) is 5.98. The zero-order chi connectivity index (χ0) is 24.4. The molecule has 0 radical (unpaired) electrons. The summed E-state index contributed by atoms with van der Waals surface area (Å²) >= 11 is 6.74. The van der Waals surface area contributed by atoms with Crippen molar-refractivity contribution in [3.8, 4) is 5.69 Å². The van der Waals surface area contributed by atoms with Crippen molar-refractivity contribution in [2.75, 3.05) is 31.2 Å². The van der Waals surface area contributed by atoms with Crippen LogP contribution < -0.4 is 4.90 Å². The average Bonchev–Trinajstić information content (AvgIpc) is 3.31. The van der Waals surface area contributed by atoms with Gasteiger partial charge in [-0.25, -0.2) is 9.97 Å². The topological polar surface area (TPSA) is 52.4 Å². The van der Waals surface area contributed by atoms with Gasteiger partial charge in [0.05, 0.1) is 29.9 Å². The minimum absolute atomic E-state index is 0.322. The maximum atomic E-state index is 13.3. The first kappa shape index (κ1) is 24.0. The molecule has 2 aliphatic heterocycles. The Morgan fingerprint density at radius 3 is 2.12 bits per heavy atom. The SMILES string of the molecule is Cc1nc(N2CCC3(CC2)OCCO3)c2c(C)c(C)n(-c3c(Br)cc(C(F)(F)F)cc3Br)c2n1. The van der Waals surface area contributed by atoms with Crippen LogP contribution in [0.25, 0.3) is 16.7 Å². The number of aryl methyl sites for hydroxylation is 2. The number of benzene rings is 1. The fourth-order valence-corrected chi connectivity index (χ4v) is 6.38. The summed E-state index contributed by atoms with van der Waals surface area (Å²) in [6.45, 7) is 8.46. The number of piperidine rings is 1. The van der Waals surface area contributed by atoms with Crippen LogP contribution in [0.5, 0.6) is 0 Å². The number of ether oxygens (including phenoxy) is 2. The molecular weight excluding hydrogens is 581 g/mol. The summed E-state index contributed by atoms with van der Waals surface area (Å²) in [5.74, 6) is 0.924. The molecule has 3 aromatic rings. The van der Waals surface area contributed by atoms with E-state index in [9.17, 15) is 13.2 Å². The zero-order valence-corrected chi connectivity index (χ0v) is 22.1. The molecule has 2 aliphatic rings. The van der Waals surface area contributed by atoms with Gasteiger partial charge in [-0.3, -0.25) is 4.57 Å². The number of fused-ring (bicyclic) bond motifs is 1. The molecule has 34 heavy (non-hydrogen) atoms. The van der Waals surface area contributed by atoms with E-state index < -0.39 is 17.5 Å². The minimum Gasteiger partial charge on any atom is -0.356 e. The molecule has 11 heteroatoms. The van der Waals surface area contributed by atoms with Gasteiger partial charge in [0.1, 0.15) is 11.6 Å². The third kappa shape index (κ3) is 3.94. The molecule has 1 aromatic carbocycles. The molecule has 5 rings (SSSR count). The number of hydrogen-bond acceptors (Lipinski definition) is 5. The molecule has 2 aromatic heterocycles. The number of nitrogens with zero attached hydrogens (tertiary/aromatic N) is 4. The molecule has 2 saturated heterocycles. The molecule has 182 valence electrons. The van der Waals surface area contributed by atoms with Gasteiger partial charge in [-0.1, -0.05) is 0 Å². The lowest BCUT2D eigenvalue weighted by Gasteiger charge is -2.38. The number of anilines is 1. The maximum Gasteiger partial charge on any atom is 0.416 e. The van der Waals surface area contributed by atoms with Crippen molar-refractivity contribution < 1.29 is 22.6 Å². The van der Waals surface area contributed by atoms with Crippen LogP contribution in [0.3, 0.4) is 0 Å². The second-order valence-corrected chi connectivity index (χ2v) is 10.4. The highest BCUT2D eigenvalue weighted by atomic mass is 79.9. The molecular formula is C23H23Br2F3N4O2. The predicted octanol–water partition coefficient (Wildman–Crippen LogP) is 6.23. The first-order valence-corrected chi connectivity index (χ1v) is 12.5. The van der Waals surface area contributed by atoms with E-state index in [4.69, 9.17) is 19.4 Å². The Labute approximate surface area is 211 Å². The van der Waals surface area contributed by atoms with Gasteiger partial charge < -0.3 is 14.4 Å². The number of aromatic nitrogens is 3. The molecule has 0 atom stereocenters. The normalized spacial score (nSPS) is 18.4. The van der Waals surface area contributed by atoms with Crippen LogP contribution in [0.1, 0.15) is 35.5 Å². The summed E-state index contributed by atoms with van der Waals surface area (Å²) in [6, 6.07) is 2.20. The molecule has 0 bridgehead atoms. The minimum atomic E-state index is -4.45. The van der Waals surface area contributed by atoms with Gasteiger partial charge in [0.2, 0.25) is 0 Å². The van der Waals surface area contributed by atoms with Gasteiger partial charge in [0.15, 0.2) is 11.4 Å². The van der Waals surface area contributed by atoms with Crippen LogP contribution in [-0.2, 0) is 15.7 Å². The quantitative estimate of drug-likeness (QED) is 0.347. The number of hydrogen-bond donors (Lipinski definition) is 0. The Hall–Kier alpha value is -1.69. The van der Waals surface area contributed by atoms with Crippen LogP contribution in [0.4, 0.5) is 19.0 Å². The van der Waals surface area contributed by atoms with Crippen molar-refractivity contribution in [2.24, 2.45) is 0 Å². The van der Waals surface area contributed by atoms with E-state index in [1.165, 1.54) is 0 Å². The second kappa shape index (κ2) is 8.46. The monoisotopic (exact) mass is 602 g/mol. The van der Waals surface area contributed by atoms with Crippen molar-refractivity contribution in [2.45, 2.75) is 45.6 Å². The summed E-state index contributed by atoms with van der Waals surface area (Å²) < 4.78 is 54.3. The van der Waals surface area contributed by atoms with E-state index in [1.807, 2.05) is 25.3 Å². The molecule has 0 saturated carbocycles. The first-order valence-electron chi connectivity index (χ1n) is 11.0. The molecule has 6 nitrogen and oxygen atoms in total. The molecule has 4 heterocycles. The van der Waals surface area contributed by atoms with Crippen LogP contribution in [-0.4, -0.2) is 46.6 Å². The van der Waals surface area contributed by atoms with Crippen LogP contribution >= 0.6 is 31.9 Å². The van der Waals surface area contributed by atoms with E-state index in [1.54, 1.807) is 0 Å². The van der Waals surface area contributed by atoms with Crippen LogP contribution in [0.2, 0.25) is 0 Å². The smallest absolute Gasteiger partial charge is 0.356 e. The van der Waals surface area contributed by atoms with Gasteiger partial charge in [-0.15, -0.1) is 0 Å². The Morgan fingerprint density at radius 1 is 0.971 bits per heavy atom. The Morgan fingerprint density at radius 2 is 1.56 bits per heavy atom. The average molecular weight is 604 g/mol. The summed E-state index contributed by atoms with van der Waals surface area (Å²) in [4.78, 5) is 11.7. The largest absolute Gasteiger partial charge is 0.416 e. The van der Waals surface area contributed by atoms with E-state index >= 15 is 0 Å². The second-order valence-electron chi connectivity index (χ2n) is 8.72. The van der Waals surface area contributed by atoms with Crippen molar-refractivity contribution in [1.29, 1.82) is 0 Å². The molecule has 1 spiro atoms. The van der Waals surface area contributed by atoms with Crippen LogP contribution in [0.15, 0.2) is 21.1 Å². The fraction of sp³-hybridized carbons (Fsp3) is 0.478. The highest BCUT2D eigenvalue weighted by Gasteiger charge is 2.40. The molecule has 0 unspecified atom stereocenters. The molecule has 2 fully saturated rings. The Bertz CT molecular complexity index is 1250. The van der Waals surface area contributed by atoms with Gasteiger partial charge in [-0.05, 0) is 70.3 Å². The van der Waals surface area contributed by atoms with E-state index in [2.05, 4.69) is 36.8 Å². The van der Waals surface area contributed by atoms with Crippen molar-refractivity contribution in [1.82, 2.24) is 14.5 Å². The van der Waals surface area contributed by atoms with Gasteiger partial charge >= 0.3 is 6.18 Å². The first-order chi connectivity index (χ1) is 16.0.